The van der Waals surface area contributed by atoms with Crippen molar-refractivity contribution in [3.05, 3.63) is 51.3 Å². The van der Waals surface area contributed by atoms with Crippen LogP contribution in [-0.2, 0) is 6.54 Å². The molecule has 2 rings (SSSR count). The molecule has 2 aromatic rings. The Morgan fingerprint density at radius 1 is 1.37 bits per heavy atom. The molecule has 0 fully saturated rings. The first kappa shape index (κ1) is 14.6. The third-order valence-corrected chi connectivity index (χ3v) is 4.35. The summed E-state index contributed by atoms with van der Waals surface area (Å²) in [5, 5.41) is 4.67. The summed E-state index contributed by atoms with van der Waals surface area (Å²) in [7, 11) is 0. The van der Waals surface area contributed by atoms with E-state index in [1.165, 1.54) is 16.8 Å². The van der Waals surface area contributed by atoms with E-state index in [1.807, 2.05) is 23.7 Å². The first-order valence-corrected chi connectivity index (χ1v) is 7.68. The Labute approximate surface area is 127 Å². The monoisotopic (exact) mass is 340 g/mol. The average molecular weight is 342 g/mol. The van der Waals surface area contributed by atoms with E-state index < -0.39 is 0 Å². The van der Waals surface area contributed by atoms with Crippen LogP contribution in [0.3, 0.4) is 0 Å². The van der Waals surface area contributed by atoms with Crippen LogP contribution in [0.1, 0.15) is 41.2 Å². The predicted molar refractivity (Wildman–Crippen MR) is 83.8 cm³/mol. The maximum Gasteiger partial charge on any atom is 0.0663 e. The quantitative estimate of drug-likeness (QED) is 0.715. The molecule has 0 spiro atoms. The van der Waals surface area contributed by atoms with Crippen molar-refractivity contribution in [1.82, 2.24) is 9.78 Å². The van der Waals surface area contributed by atoms with Crippen LogP contribution in [0.2, 0.25) is 0 Å². The molecule has 1 heterocycles. The van der Waals surface area contributed by atoms with Gasteiger partial charge in [-0.3, -0.25) is 4.68 Å². The molecule has 102 valence electrons. The lowest BCUT2D eigenvalue weighted by molar-refractivity contribution is 0.657. The second kappa shape index (κ2) is 6.10. The molecule has 1 unspecified atom stereocenters. The summed E-state index contributed by atoms with van der Waals surface area (Å²) in [4.78, 5) is 0. The number of rotatable bonds is 4. The molecule has 1 aromatic carbocycles. The van der Waals surface area contributed by atoms with Gasteiger partial charge in [-0.05, 0) is 38.0 Å². The van der Waals surface area contributed by atoms with Crippen molar-refractivity contribution in [1.29, 1.82) is 0 Å². The van der Waals surface area contributed by atoms with E-state index in [0.29, 0.717) is 0 Å². The third-order valence-electron chi connectivity index (χ3n) is 3.33. The van der Waals surface area contributed by atoms with E-state index in [4.69, 9.17) is 11.6 Å². The lowest BCUT2D eigenvalue weighted by Crippen LogP contribution is -2.04. The standard InChI is InChI=1S/C15H18BrClN2/c1-4-14(17)15-10(2)18-19(11(15)3)9-12-6-5-7-13(16)8-12/h5-8,14H,4,9H2,1-3H3. The summed E-state index contributed by atoms with van der Waals surface area (Å²) < 4.78 is 3.13. The summed E-state index contributed by atoms with van der Waals surface area (Å²) in [6, 6.07) is 8.30. The summed E-state index contributed by atoms with van der Waals surface area (Å²) in [6.45, 7) is 7.00. The van der Waals surface area contributed by atoms with Crippen molar-refractivity contribution in [2.24, 2.45) is 0 Å². The Hall–Kier alpha value is -0.800. The largest absolute Gasteiger partial charge is 0.265 e. The van der Waals surface area contributed by atoms with Gasteiger partial charge in [0.15, 0.2) is 0 Å². The van der Waals surface area contributed by atoms with Crippen molar-refractivity contribution in [2.45, 2.75) is 39.1 Å². The number of hydrogen-bond donors (Lipinski definition) is 0. The molecule has 0 amide bonds. The first-order chi connectivity index (χ1) is 9.02. The first-order valence-electron chi connectivity index (χ1n) is 6.45. The molecule has 0 aliphatic rings. The smallest absolute Gasteiger partial charge is 0.0663 e. The topological polar surface area (TPSA) is 17.8 Å². The van der Waals surface area contributed by atoms with Gasteiger partial charge in [0.05, 0.1) is 17.6 Å². The molecule has 4 heteroatoms. The van der Waals surface area contributed by atoms with Gasteiger partial charge in [0.25, 0.3) is 0 Å². The van der Waals surface area contributed by atoms with Crippen LogP contribution < -0.4 is 0 Å². The van der Waals surface area contributed by atoms with Gasteiger partial charge in [-0.25, -0.2) is 0 Å². The lowest BCUT2D eigenvalue weighted by atomic mass is 10.1. The van der Waals surface area contributed by atoms with Gasteiger partial charge in [-0.2, -0.15) is 5.10 Å². The van der Waals surface area contributed by atoms with E-state index in [2.05, 4.69) is 47.0 Å². The molecule has 0 radical (unpaired) electrons. The Morgan fingerprint density at radius 2 is 2.11 bits per heavy atom. The predicted octanol–water partition coefficient (Wildman–Crippen LogP) is 5.00. The Balaban J connectivity index is 2.32. The molecular formula is C15H18BrClN2. The number of aromatic nitrogens is 2. The summed E-state index contributed by atoms with van der Waals surface area (Å²) in [5.74, 6) is 0. The molecule has 19 heavy (non-hydrogen) atoms. The summed E-state index contributed by atoms with van der Waals surface area (Å²) >= 11 is 9.88. The number of nitrogens with zero attached hydrogens (tertiary/aromatic N) is 2. The van der Waals surface area contributed by atoms with Crippen LogP contribution in [0.15, 0.2) is 28.7 Å². The highest BCUT2D eigenvalue weighted by atomic mass is 79.9. The Morgan fingerprint density at radius 3 is 2.74 bits per heavy atom. The molecule has 1 atom stereocenters. The molecule has 0 aliphatic carbocycles. The Bertz CT molecular complexity index is 578. The fourth-order valence-corrected chi connectivity index (χ4v) is 3.09. The van der Waals surface area contributed by atoms with Gasteiger partial charge >= 0.3 is 0 Å². The fourth-order valence-electron chi connectivity index (χ4n) is 2.33. The minimum atomic E-state index is 0.0521. The lowest BCUT2D eigenvalue weighted by Gasteiger charge is -2.09. The van der Waals surface area contributed by atoms with E-state index in [9.17, 15) is 0 Å². The van der Waals surface area contributed by atoms with Gasteiger partial charge < -0.3 is 0 Å². The van der Waals surface area contributed by atoms with Crippen molar-refractivity contribution < 1.29 is 0 Å². The van der Waals surface area contributed by atoms with Gasteiger partial charge in [0.2, 0.25) is 0 Å². The SMILES string of the molecule is CCC(Cl)c1c(C)nn(Cc2cccc(Br)c2)c1C. The maximum absolute atomic E-state index is 6.38. The van der Waals surface area contributed by atoms with Crippen molar-refractivity contribution in [3.63, 3.8) is 0 Å². The van der Waals surface area contributed by atoms with Gasteiger partial charge in [0.1, 0.15) is 0 Å². The van der Waals surface area contributed by atoms with E-state index >= 15 is 0 Å². The van der Waals surface area contributed by atoms with Crippen LogP contribution in [0, 0.1) is 13.8 Å². The molecule has 0 aliphatic heterocycles. The number of halogens is 2. The normalized spacial score (nSPS) is 12.7. The number of alkyl halides is 1. The molecular weight excluding hydrogens is 324 g/mol. The van der Waals surface area contributed by atoms with Crippen molar-refractivity contribution in [3.8, 4) is 0 Å². The second-order valence-electron chi connectivity index (χ2n) is 4.75. The van der Waals surface area contributed by atoms with E-state index in [0.717, 1.165) is 23.1 Å². The molecule has 1 aromatic heterocycles. The van der Waals surface area contributed by atoms with Crippen molar-refractivity contribution >= 4 is 27.5 Å². The number of benzene rings is 1. The highest BCUT2D eigenvalue weighted by Crippen LogP contribution is 2.29. The molecule has 0 bridgehead atoms. The van der Waals surface area contributed by atoms with Crippen LogP contribution in [0.5, 0.6) is 0 Å². The minimum Gasteiger partial charge on any atom is -0.265 e. The average Bonchev–Trinajstić information content (AvgIpc) is 2.64. The minimum absolute atomic E-state index is 0.0521. The van der Waals surface area contributed by atoms with E-state index in [1.54, 1.807) is 0 Å². The zero-order chi connectivity index (χ0) is 14.0. The third kappa shape index (κ3) is 3.21. The molecule has 0 saturated heterocycles. The second-order valence-corrected chi connectivity index (χ2v) is 6.19. The molecule has 2 nitrogen and oxygen atoms in total. The Kier molecular flexibility index (Phi) is 4.69. The zero-order valence-electron chi connectivity index (χ0n) is 11.5. The fraction of sp³-hybridized carbons (Fsp3) is 0.400. The van der Waals surface area contributed by atoms with Gasteiger partial charge in [0, 0.05) is 15.7 Å². The van der Waals surface area contributed by atoms with Crippen LogP contribution in [-0.4, -0.2) is 9.78 Å². The van der Waals surface area contributed by atoms with Crippen LogP contribution in [0.4, 0.5) is 0 Å². The van der Waals surface area contributed by atoms with Crippen molar-refractivity contribution in [2.75, 3.05) is 0 Å². The maximum atomic E-state index is 6.38. The van der Waals surface area contributed by atoms with Crippen LogP contribution >= 0.6 is 27.5 Å². The number of hydrogen-bond acceptors (Lipinski definition) is 1. The molecule has 0 N–H and O–H groups in total. The highest BCUT2D eigenvalue weighted by Gasteiger charge is 2.17. The van der Waals surface area contributed by atoms with E-state index in [-0.39, 0.29) is 5.38 Å². The highest BCUT2D eigenvalue weighted by molar-refractivity contribution is 9.10. The summed E-state index contributed by atoms with van der Waals surface area (Å²) in [5.41, 5.74) is 4.61. The van der Waals surface area contributed by atoms with Crippen LogP contribution in [0.25, 0.3) is 0 Å². The zero-order valence-corrected chi connectivity index (χ0v) is 13.8. The molecule has 0 saturated carbocycles. The summed E-state index contributed by atoms with van der Waals surface area (Å²) in [6.07, 6.45) is 0.922. The number of aryl methyl sites for hydroxylation is 1. The van der Waals surface area contributed by atoms with Gasteiger partial charge in [-0.1, -0.05) is 35.0 Å². The van der Waals surface area contributed by atoms with Gasteiger partial charge in [-0.15, -0.1) is 11.6 Å².